The first kappa shape index (κ1) is 18.0. The summed E-state index contributed by atoms with van der Waals surface area (Å²) in [5, 5.41) is 6.77. The van der Waals surface area contributed by atoms with Crippen LogP contribution in [0.4, 0.5) is 17.2 Å². The molecule has 2 heterocycles. The van der Waals surface area contributed by atoms with Crippen LogP contribution < -0.4 is 15.1 Å². The van der Waals surface area contributed by atoms with Gasteiger partial charge in [0.1, 0.15) is 5.76 Å². The molecule has 0 bridgehead atoms. The van der Waals surface area contributed by atoms with E-state index in [0.717, 1.165) is 24.5 Å². The minimum Gasteiger partial charge on any atom is -0.372 e. The number of carbonyl (C=O) groups is 2. The Hall–Kier alpha value is -2.83. The van der Waals surface area contributed by atoms with Gasteiger partial charge in [-0.15, -0.1) is 0 Å². The highest BCUT2D eigenvalue weighted by molar-refractivity contribution is 6.03. The van der Waals surface area contributed by atoms with Gasteiger partial charge in [0, 0.05) is 43.5 Å². The van der Waals surface area contributed by atoms with Crippen molar-refractivity contribution in [1.82, 2.24) is 5.16 Å². The first-order valence-electron chi connectivity index (χ1n) is 8.91. The standard InChI is InChI=1S/C19H24N4O3/c1-4-22(5-2)16-8-6-15(7-9-16)20-19(25)14-11-18(24)23(12-14)17-10-13(3)26-21-17/h6-10,14H,4-5,11-12H2,1-3H3,(H,20,25). The Kier molecular flexibility index (Phi) is 5.25. The van der Waals surface area contributed by atoms with Gasteiger partial charge < -0.3 is 14.7 Å². The van der Waals surface area contributed by atoms with Crippen LogP contribution in [0.1, 0.15) is 26.0 Å². The Balaban J connectivity index is 1.62. The minimum atomic E-state index is -0.401. The third kappa shape index (κ3) is 3.71. The lowest BCUT2D eigenvalue weighted by Crippen LogP contribution is -2.28. The van der Waals surface area contributed by atoms with Gasteiger partial charge >= 0.3 is 0 Å². The highest BCUT2D eigenvalue weighted by Gasteiger charge is 2.36. The van der Waals surface area contributed by atoms with Crippen LogP contribution in [0.3, 0.4) is 0 Å². The average Bonchev–Trinajstić information content (AvgIpc) is 3.23. The molecule has 1 fully saturated rings. The summed E-state index contributed by atoms with van der Waals surface area (Å²) in [6, 6.07) is 9.46. The second-order valence-electron chi connectivity index (χ2n) is 6.41. The second-order valence-corrected chi connectivity index (χ2v) is 6.41. The fraction of sp³-hybridized carbons (Fsp3) is 0.421. The lowest BCUT2D eigenvalue weighted by molar-refractivity contribution is -0.122. The Morgan fingerprint density at radius 1 is 1.31 bits per heavy atom. The molecule has 0 spiro atoms. The van der Waals surface area contributed by atoms with Gasteiger partial charge in [-0.3, -0.25) is 14.5 Å². The summed E-state index contributed by atoms with van der Waals surface area (Å²) in [4.78, 5) is 28.5. The predicted molar refractivity (Wildman–Crippen MR) is 100 cm³/mol. The molecular formula is C19H24N4O3. The van der Waals surface area contributed by atoms with E-state index in [1.54, 1.807) is 13.0 Å². The Bertz CT molecular complexity index is 780. The van der Waals surface area contributed by atoms with Crippen molar-refractivity contribution in [2.45, 2.75) is 27.2 Å². The molecule has 2 amide bonds. The van der Waals surface area contributed by atoms with Gasteiger partial charge in [-0.05, 0) is 45.0 Å². The van der Waals surface area contributed by atoms with Crippen molar-refractivity contribution in [3.8, 4) is 0 Å². The molecule has 7 heteroatoms. The van der Waals surface area contributed by atoms with E-state index in [0.29, 0.717) is 18.1 Å². The van der Waals surface area contributed by atoms with E-state index in [-0.39, 0.29) is 18.2 Å². The van der Waals surface area contributed by atoms with Crippen LogP contribution in [-0.2, 0) is 9.59 Å². The van der Waals surface area contributed by atoms with Crippen molar-refractivity contribution in [2.24, 2.45) is 5.92 Å². The van der Waals surface area contributed by atoms with E-state index >= 15 is 0 Å². The van der Waals surface area contributed by atoms with Gasteiger partial charge in [0.25, 0.3) is 0 Å². The SMILES string of the molecule is CCN(CC)c1ccc(NC(=O)C2CC(=O)N(c3cc(C)on3)C2)cc1. The summed E-state index contributed by atoms with van der Waals surface area (Å²) in [6.07, 6.45) is 0.176. The molecule has 1 aromatic carbocycles. The highest BCUT2D eigenvalue weighted by atomic mass is 16.5. The molecule has 1 aromatic heterocycles. The molecule has 1 aliphatic heterocycles. The summed E-state index contributed by atoms with van der Waals surface area (Å²) < 4.78 is 5.02. The van der Waals surface area contributed by atoms with E-state index in [1.807, 2.05) is 24.3 Å². The fourth-order valence-electron chi connectivity index (χ4n) is 3.17. The summed E-state index contributed by atoms with van der Waals surface area (Å²) in [5.41, 5.74) is 1.85. The number of anilines is 3. The number of rotatable bonds is 6. The van der Waals surface area contributed by atoms with Crippen LogP contribution in [0.25, 0.3) is 0 Å². The molecule has 7 nitrogen and oxygen atoms in total. The molecule has 138 valence electrons. The molecule has 3 rings (SSSR count). The summed E-state index contributed by atoms with van der Waals surface area (Å²) in [6.45, 7) is 8.17. The predicted octanol–water partition coefficient (Wildman–Crippen LogP) is 2.82. The van der Waals surface area contributed by atoms with Crippen LogP contribution in [0.15, 0.2) is 34.9 Å². The van der Waals surface area contributed by atoms with Crippen LogP contribution in [0.5, 0.6) is 0 Å². The zero-order valence-electron chi connectivity index (χ0n) is 15.4. The maximum atomic E-state index is 12.5. The van der Waals surface area contributed by atoms with Crippen molar-refractivity contribution < 1.29 is 14.1 Å². The monoisotopic (exact) mass is 356 g/mol. The maximum Gasteiger partial charge on any atom is 0.229 e. The third-order valence-electron chi connectivity index (χ3n) is 4.65. The van der Waals surface area contributed by atoms with E-state index < -0.39 is 5.92 Å². The molecule has 2 aromatic rings. The Morgan fingerprint density at radius 3 is 2.58 bits per heavy atom. The lowest BCUT2D eigenvalue weighted by Gasteiger charge is -2.21. The number of hydrogen-bond acceptors (Lipinski definition) is 5. The zero-order valence-corrected chi connectivity index (χ0v) is 15.4. The average molecular weight is 356 g/mol. The first-order valence-corrected chi connectivity index (χ1v) is 8.91. The van der Waals surface area contributed by atoms with Crippen molar-refractivity contribution in [3.05, 3.63) is 36.1 Å². The smallest absolute Gasteiger partial charge is 0.229 e. The van der Waals surface area contributed by atoms with Gasteiger partial charge in [0.05, 0.1) is 5.92 Å². The van der Waals surface area contributed by atoms with E-state index in [1.165, 1.54) is 4.90 Å². The van der Waals surface area contributed by atoms with Crippen molar-refractivity contribution in [2.75, 3.05) is 34.8 Å². The first-order chi connectivity index (χ1) is 12.5. The number of benzene rings is 1. The van der Waals surface area contributed by atoms with Crippen molar-refractivity contribution in [1.29, 1.82) is 0 Å². The topological polar surface area (TPSA) is 78.7 Å². The molecule has 0 radical (unpaired) electrons. The van der Waals surface area contributed by atoms with Crippen LogP contribution >= 0.6 is 0 Å². The molecule has 0 aliphatic carbocycles. The molecular weight excluding hydrogens is 332 g/mol. The zero-order chi connectivity index (χ0) is 18.7. The fourth-order valence-corrected chi connectivity index (χ4v) is 3.17. The molecule has 1 N–H and O–H groups in total. The van der Waals surface area contributed by atoms with Crippen molar-refractivity contribution >= 4 is 29.0 Å². The Labute approximate surface area is 152 Å². The lowest BCUT2D eigenvalue weighted by atomic mass is 10.1. The quantitative estimate of drug-likeness (QED) is 0.861. The van der Waals surface area contributed by atoms with Gasteiger partial charge in [-0.1, -0.05) is 5.16 Å². The molecule has 26 heavy (non-hydrogen) atoms. The summed E-state index contributed by atoms with van der Waals surface area (Å²) in [5.74, 6) is 0.425. The number of hydrogen-bond donors (Lipinski definition) is 1. The van der Waals surface area contributed by atoms with Gasteiger partial charge in [0.15, 0.2) is 5.82 Å². The maximum absolute atomic E-state index is 12.5. The van der Waals surface area contributed by atoms with E-state index in [4.69, 9.17) is 4.52 Å². The summed E-state index contributed by atoms with van der Waals surface area (Å²) in [7, 11) is 0. The number of aryl methyl sites for hydroxylation is 1. The second kappa shape index (κ2) is 7.59. The Morgan fingerprint density at radius 2 is 2.00 bits per heavy atom. The van der Waals surface area contributed by atoms with Gasteiger partial charge in [-0.2, -0.15) is 0 Å². The number of amides is 2. The largest absolute Gasteiger partial charge is 0.372 e. The van der Waals surface area contributed by atoms with E-state index in [9.17, 15) is 9.59 Å². The highest BCUT2D eigenvalue weighted by Crippen LogP contribution is 2.26. The van der Waals surface area contributed by atoms with E-state index in [2.05, 4.69) is 29.2 Å². The van der Waals surface area contributed by atoms with Gasteiger partial charge in [0.2, 0.25) is 11.8 Å². The molecule has 1 atom stereocenters. The van der Waals surface area contributed by atoms with Crippen LogP contribution in [0.2, 0.25) is 0 Å². The third-order valence-corrected chi connectivity index (χ3v) is 4.65. The summed E-state index contributed by atoms with van der Waals surface area (Å²) >= 11 is 0. The number of carbonyl (C=O) groups excluding carboxylic acids is 2. The van der Waals surface area contributed by atoms with Crippen LogP contribution in [0, 0.1) is 12.8 Å². The normalized spacial score (nSPS) is 16.8. The van der Waals surface area contributed by atoms with Crippen LogP contribution in [-0.4, -0.2) is 36.6 Å². The number of aromatic nitrogens is 1. The molecule has 1 aliphatic rings. The van der Waals surface area contributed by atoms with Gasteiger partial charge in [-0.25, -0.2) is 0 Å². The molecule has 1 saturated heterocycles. The van der Waals surface area contributed by atoms with Crippen molar-refractivity contribution in [3.63, 3.8) is 0 Å². The number of nitrogens with zero attached hydrogens (tertiary/aromatic N) is 3. The molecule has 0 saturated carbocycles. The molecule has 1 unspecified atom stereocenters. The minimum absolute atomic E-state index is 0.115. The number of nitrogens with one attached hydrogen (secondary N) is 1.